The number of amides is 2. The van der Waals surface area contributed by atoms with Crippen LogP contribution in [0.15, 0.2) is 44.4 Å². The number of carbonyl (C=O) groups excluding carboxylic acids is 2. The molecule has 2 aromatic heterocycles. The third kappa shape index (κ3) is 3.30. The second kappa shape index (κ2) is 7.43. The van der Waals surface area contributed by atoms with Gasteiger partial charge in [0.15, 0.2) is 0 Å². The predicted molar refractivity (Wildman–Crippen MR) is 104 cm³/mol. The Kier molecular flexibility index (Phi) is 4.78. The van der Waals surface area contributed by atoms with E-state index in [1.807, 2.05) is 30.3 Å². The molecule has 4 rings (SSSR count). The maximum Gasteiger partial charge on any atom is 0.332 e. The smallest absolute Gasteiger partial charge is 0.332 e. The zero-order valence-corrected chi connectivity index (χ0v) is 16.2. The maximum absolute atomic E-state index is 12.5. The van der Waals surface area contributed by atoms with Gasteiger partial charge in [-0.3, -0.25) is 23.5 Å². The van der Waals surface area contributed by atoms with Crippen LogP contribution < -0.4 is 21.9 Å². The van der Waals surface area contributed by atoms with E-state index < -0.39 is 29.0 Å². The normalized spacial score (nSPS) is 15.0. The van der Waals surface area contributed by atoms with Crippen molar-refractivity contribution in [3.8, 4) is 11.4 Å². The largest absolute Gasteiger partial charge is 0.347 e. The van der Waals surface area contributed by atoms with E-state index >= 15 is 0 Å². The lowest BCUT2D eigenvalue weighted by molar-refractivity contribution is -0.125. The summed E-state index contributed by atoms with van der Waals surface area (Å²) in [6.07, 6.45) is -0.258. The standard InChI is InChI=1S/C19H18N6O5/c1-24-16-14(18(28)25(2)19(24)29)11(17(27)22-16)8-12(26)20-9-13-21-15(23-30-13)10-6-4-3-5-7-10/h3-7,11H,8-9H2,1-2H3,(H,20,26)(H,22,27)/t11-/m0/s1. The van der Waals surface area contributed by atoms with Gasteiger partial charge in [-0.2, -0.15) is 4.98 Å². The minimum absolute atomic E-state index is 0.0227. The zero-order chi connectivity index (χ0) is 21.4. The zero-order valence-electron chi connectivity index (χ0n) is 16.2. The highest BCUT2D eigenvalue weighted by molar-refractivity contribution is 6.03. The van der Waals surface area contributed by atoms with Crippen molar-refractivity contribution >= 4 is 17.6 Å². The molecule has 0 saturated heterocycles. The first-order chi connectivity index (χ1) is 14.4. The summed E-state index contributed by atoms with van der Waals surface area (Å²) < 4.78 is 7.22. The highest BCUT2D eigenvalue weighted by atomic mass is 16.5. The van der Waals surface area contributed by atoms with Crippen LogP contribution >= 0.6 is 0 Å². The number of hydrogen-bond donors (Lipinski definition) is 2. The third-order valence-electron chi connectivity index (χ3n) is 4.93. The first-order valence-electron chi connectivity index (χ1n) is 9.12. The van der Waals surface area contributed by atoms with Gasteiger partial charge in [0.2, 0.25) is 23.5 Å². The van der Waals surface area contributed by atoms with Crippen LogP contribution in [0.25, 0.3) is 11.4 Å². The van der Waals surface area contributed by atoms with Crippen LogP contribution in [0.1, 0.15) is 23.8 Å². The quantitative estimate of drug-likeness (QED) is 0.597. The average molecular weight is 410 g/mol. The number of fused-ring (bicyclic) bond motifs is 1. The van der Waals surface area contributed by atoms with Crippen LogP contribution in [0, 0.1) is 0 Å². The van der Waals surface area contributed by atoms with E-state index in [-0.39, 0.29) is 30.2 Å². The number of nitrogens with zero attached hydrogens (tertiary/aromatic N) is 4. The summed E-state index contributed by atoms with van der Waals surface area (Å²) in [7, 11) is 2.77. The molecule has 0 saturated carbocycles. The van der Waals surface area contributed by atoms with Crippen molar-refractivity contribution < 1.29 is 14.1 Å². The summed E-state index contributed by atoms with van der Waals surface area (Å²) in [5.74, 6) is -1.26. The van der Waals surface area contributed by atoms with Gasteiger partial charge in [-0.1, -0.05) is 35.5 Å². The van der Waals surface area contributed by atoms with E-state index in [4.69, 9.17) is 4.52 Å². The lowest BCUT2D eigenvalue weighted by Gasteiger charge is -2.10. The second-order valence-corrected chi connectivity index (χ2v) is 6.87. The van der Waals surface area contributed by atoms with Crippen LogP contribution in [0.2, 0.25) is 0 Å². The van der Waals surface area contributed by atoms with E-state index in [1.54, 1.807) is 0 Å². The molecule has 11 heteroatoms. The average Bonchev–Trinajstić information content (AvgIpc) is 3.35. The van der Waals surface area contributed by atoms with Crippen molar-refractivity contribution in [2.24, 2.45) is 14.1 Å². The molecule has 1 aliphatic heterocycles. The van der Waals surface area contributed by atoms with E-state index in [9.17, 15) is 19.2 Å². The van der Waals surface area contributed by atoms with Crippen LogP contribution in [0.5, 0.6) is 0 Å². The summed E-state index contributed by atoms with van der Waals surface area (Å²) >= 11 is 0. The molecule has 0 aliphatic carbocycles. The highest BCUT2D eigenvalue weighted by Crippen LogP contribution is 2.30. The summed E-state index contributed by atoms with van der Waals surface area (Å²) in [5.41, 5.74) is -0.285. The Labute approximate surface area is 169 Å². The van der Waals surface area contributed by atoms with Gasteiger partial charge in [-0.15, -0.1) is 0 Å². The number of nitrogens with one attached hydrogen (secondary N) is 2. The summed E-state index contributed by atoms with van der Waals surface area (Å²) in [6.45, 7) is -0.0227. The monoisotopic (exact) mass is 410 g/mol. The second-order valence-electron chi connectivity index (χ2n) is 6.87. The van der Waals surface area contributed by atoms with Gasteiger partial charge < -0.3 is 15.2 Å². The summed E-state index contributed by atoms with van der Waals surface area (Å²) in [5, 5.41) is 9.00. The van der Waals surface area contributed by atoms with Gasteiger partial charge in [-0.05, 0) is 0 Å². The minimum Gasteiger partial charge on any atom is -0.347 e. The van der Waals surface area contributed by atoms with Crippen molar-refractivity contribution in [1.29, 1.82) is 0 Å². The molecule has 2 amide bonds. The Morgan fingerprint density at radius 3 is 2.63 bits per heavy atom. The lowest BCUT2D eigenvalue weighted by Crippen LogP contribution is -2.39. The molecule has 3 heterocycles. The lowest BCUT2D eigenvalue weighted by atomic mass is 9.99. The SMILES string of the molecule is Cn1c2c(c(=O)n(C)c1=O)[C@H](CC(=O)NCc1nc(-c3ccccc3)no1)C(=O)N2. The first kappa shape index (κ1) is 19.3. The van der Waals surface area contributed by atoms with E-state index in [2.05, 4.69) is 20.8 Å². The third-order valence-corrected chi connectivity index (χ3v) is 4.93. The molecular weight excluding hydrogens is 392 g/mol. The molecule has 3 aromatic rings. The highest BCUT2D eigenvalue weighted by Gasteiger charge is 2.37. The summed E-state index contributed by atoms with van der Waals surface area (Å²) in [6, 6.07) is 9.22. The molecule has 0 fully saturated rings. The fraction of sp³-hybridized carbons (Fsp3) is 0.263. The maximum atomic E-state index is 12.5. The first-order valence-corrected chi connectivity index (χ1v) is 9.12. The van der Waals surface area contributed by atoms with Gasteiger partial charge in [0, 0.05) is 26.1 Å². The predicted octanol–water partition coefficient (Wildman–Crippen LogP) is -0.124. The number of benzene rings is 1. The molecule has 0 spiro atoms. The van der Waals surface area contributed by atoms with E-state index in [0.717, 1.165) is 10.1 Å². The van der Waals surface area contributed by atoms with Crippen LogP contribution in [-0.4, -0.2) is 31.1 Å². The Bertz CT molecular complexity index is 1260. The van der Waals surface area contributed by atoms with Gasteiger partial charge >= 0.3 is 5.69 Å². The molecule has 1 aromatic carbocycles. The van der Waals surface area contributed by atoms with Gasteiger partial charge in [0.1, 0.15) is 5.82 Å². The number of hydrogen-bond acceptors (Lipinski definition) is 7. The molecule has 2 N–H and O–H groups in total. The molecule has 30 heavy (non-hydrogen) atoms. The number of aromatic nitrogens is 4. The number of rotatable bonds is 5. The van der Waals surface area contributed by atoms with E-state index in [0.29, 0.717) is 5.82 Å². The molecule has 11 nitrogen and oxygen atoms in total. The fourth-order valence-corrected chi connectivity index (χ4v) is 3.33. The van der Waals surface area contributed by atoms with Gasteiger partial charge in [0.25, 0.3) is 5.56 Å². The molecule has 154 valence electrons. The summed E-state index contributed by atoms with van der Waals surface area (Å²) in [4.78, 5) is 53.4. The fourth-order valence-electron chi connectivity index (χ4n) is 3.33. The minimum atomic E-state index is -0.993. The number of anilines is 1. The van der Waals surface area contributed by atoms with Crippen molar-refractivity contribution in [1.82, 2.24) is 24.6 Å². The van der Waals surface area contributed by atoms with Crippen molar-refractivity contribution in [2.75, 3.05) is 5.32 Å². The molecule has 0 bridgehead atoms. The van der Waals surface area contributed by atoms with Crippen LogP contribution in [0.4, 0.5) is 5.82 Å². The topological polar surface area (TPSA) is 141 Å². The van der Waals surface area contributed by atoms with Crippen LogP contribution in [0.3, 0.4) is 0 Å². The molecule has 1 aliphatic rings. The van der Waals surface area contributed by atoms with Crippen LogP contribution in [-0.2, 0) is 30.2 Å². The van der Waals surface area contributed by atoms with E-state index in [1.165, 1.54) is 18.7 Å². The Morgan fingerprint density at radius 1 is 1.17 bits per heavy atom. The van der Waals surface area contributed by atoms with Crippen molar-refractivity contribution in [3.63, 3.8) is 0 Å². The molecule has 1 atom stereocenters. The Morgan fingerprint density at radius 2 is 1.90 bits per heavy atom. The van der Waals surface area contributed by atoms with Crippen molar-refractivity contribution in [3.05, 3.63) is 62.6 Å². The number of carbonyl (C=O) groups is 2. The van der Waals surface area contributed by atoms with Gasteiger partial charge in [-0.25, -0.2) is 4.79 Å². The van der Waals surface area contributed by atoms with Gasteiger partial charge in [0.05, 0.1) is 18.0 Å². The molecule has 0 unspecified atom stereocenters. The molecule has 0 radical (unpaired) electrons. The molecular formula is C19H18N6O5. The Hall–Kier alpha value is -4.02. The Balaban J connectivity index is 1.46. The van der Waals surface area contributed by atoms with Crippen molar-refractivity contribution in [2.45, 2.75) is 18.9 Å².